The molecule has 0 aliphatic rings. The van der Waals surface area contributed by atoms with Crippen LogP contribution in [0.2, 0.25) is 0 Å². The highest BCUT2D eigenvalue weighted by atomic mass is 79.9. The zero-order valence-corrected chi connectivity index (χ0v) is 12.1. The number of aryl methyl sites for hydroxylation is 2. The lowest BCUT2D eigenvalue weighted by molar-refractivity contribution is 1.12. The smallest absolute Gasteiger partial charge is 0.129 e. The third-order valence-corrected chi connectivity index (χ3v) is 3.34. The van der Waals surface area contributed by atoms with Crippen LogP contribution in [0.4, 0.5) is 5.82 Å². The van der Waals surface area contributed by atoms with Gasteiger partial charge in [0.1, 0.15) is 5.82 Å². The summed E-state index contributed by atoms with van der Waals surface area (Å²) in [7, 11) is 0. The summed E-state index contributed by atoms with van der Waals surface area (Å²) < 4.78 is 1.12. The van der Waals surface area contributed by atoms with E-state index in [1.54, 1.807) is 0 Å². The zero-order valence-electron chi connectivity index (χ0n) is 10.5. The normalized spacial score (nSPS) is 10.8. The summed E-state index contributed by atoms with van der Waals surface area (Å²) in [5.41, 5.74) is 3.59. The Balaban J connectivity index is 2.69. The van der Waals surface area contributed by atoms with Crippen molar-refractivity contribution in [2.45, 2.75) is 27.2 Å². The fraction of sp³-hybridized carbons (Fsp3) is 0.357. The summed E-state index contributed by atoms with van der Waals surface area (Å²) in [5.74, 6) is 0.997. The number of hydrogen-bond donors (Lipinski definition) is 1. The number of anilines is 1. The van der Waals surface area contributed by atoms with E-state index >= 15 is 0 Å². The maximum absolute atomic E-state index is 4.74. The molecule has 3 heteroatoms. The molecular weight excluding hydrogens is 276 g/mol. The van der Waals surface area contributed by atoms with Crippen molar-refractivity contribution in [1.29, 1.82) is 0 Å². The summed E-state index contributed by atoms with van der Waals surface area (Å²) in [4.78, 5) is 4.74. The first-order chi connectivity index (χ1) is 8.15. The minimum absolute atomic E-state index is 0.900. The second-order valence-electron chi connectivity index (χ2n) is 4.17. The molecule has 17 heavy (non-hydrogen) atoms. The van der Waals surface area contributed by atoms with Crippen molar-refractivity contribution in [3.8, 4) is 0 Å². The minimum Gasteiger partial charge on any atom is -0.370 e. The lowest BCUT2D eigenvalue weighted by atomic mass is 10.1. The number of pyridine rings is 1. The van der Waals surface area contributed by atoms with Crippen LogP contribution in [-0.2, 0) is 6.42 Å². The van der Waals surface area contributed by atoms with Crippen molar-refractivity contribution in [3.05, 3.63) is 33.8 Å². The van der Waals surface area contributed by atoms with Gasteiger partial charge in [-0.15, -0.1) is 0 Å². The second-order valence-corrected chi connectivity index (χ2v) is 5.09. The van der Waals surface area contributed by atoms with Crippen LogP contribution < -0.4 is 5.32 Å². The number of rotatable bonds is 3. The minimum atomic E-state index is 0.900. The SMILES string of the molecule is CCNc1nc2c(CC)cc(Br)cc2cc1C. The van der Waals surface area contributed by atoms with Gasteiger partial charge in [-0.1, -0.05) is 22.9 Å². The van der Waals surface area contributed by atoms with Gasteiger partial charge in [0, 0.05) is 16.4 Å². The first kappa shape index (κ1) is 12.4. The molecule has 1 aromatic carbocycles. The molecule has 1 aromatic heterocycles. The number of nitrogens with one attached hydrogen (secondary N) is 1. The molecule has 0 saturated carbocycles. The van der Waals surface area contributed by atoms with Crippen LogP contribution in [0.1, 0.15) is 25.0 Å². The predicted molar refractivity (Wildman–Crippen MR) is 77.7 cm³/mol. The third-order valence-electron chi connectivity index (χ3n) is 2.88. The van der Waals surface area contributed by atoms with E-state index in [-0.39, 0.29) is 0 Å². The molecule has 0 spiro atoms. The fourth-order valence-electron chi connectivity index (χ4n) is 2.04. The molecule has 1 N–H and O–H groups in total. The summed E-state index contributed by atoms with van der Waals surface area (Å²) >= 11 is 3.55. The van der Waals surface area contributed by atoms with Crippen LogP contribution in [0.5, 0.6) is 0 Å². The predicted octanol–water partition coefficient (Wildman–Crippen LogP) is 4.30. The van der Waals surface area contributed by atoms with Crippen molar-refractivity contribution < 1.29 is 0 Å². The lowest BCUT2D eigenvalue weighted by Gasteiger charge is -2.11. The Morgan fingerprint density at radius 1 is 1.24 bits per heavy atom. The highest BCUT2D eigenvalue weighted by Crippen LogP contribution is 2.26. The Bertz CT molecular complexity index is 549. The van der Waals surface area contributed by atoms with Gasteiger partial charge < -0.3 is 5.32 Å². The number of aromatic nitrogens is 1. The van der Waals surface area contributed by atoms with E-state index in [9.17, 15) is 0 Å². The molecule has 2 nitrogen and oxygen atoms in total. The van der Waals surface area contributed by atoms with Gasteiger partial charge in [0.15, 0.2) is 0 Å². The van der Waals surface area contributed by atoms with Gasteiger partial charge in [-0.25, -0.2) is 4.98 Å². The molecule has 0 atom stereocenters. The Morgan fingerprint density at radius 2 is 2.00 bits per heavy atom. The van der Waals surface area contributed by atoms with Crippen molar-refractivity contribution in [3.63, 3.8) is 0 Å². The first-order valence-corrected chi connectivity index (χ1v) is 6.78. The van der Waals surface area contributed by atoms with Crippen LogP contribution in [0.25, 0.3) is 10.9 Å². The van der Waals surface area contributed by atoms with Crippen LogP contribution in [0.3, 0.4) is 0 Å². The van der Waals surface area contributed by atoms with E-state index in [1.807, 2.05) is 0 Å². The van der Waals surface area contributed by atoms with Crippen molar-refractivity contribution in [1.82, 2.24) is 4.98 Å². The van der Waals surface area contributed by atoms with Crippen molar-refractivity contribution in [2.24, 2.45) is 0 Å². The summed E-state index contributed by atoms with van der Waals surface area (Å²) in [6.07, 6.45) is 0.998. The Morgan fingerprint density at radius 3 is 2.65 bits per heavy atom. The Labute approximate surface area is 111 Å². The van der Waals surface area contributed by atoms with Crippen LogP contribution in [0, 0.1) is 6.92 Å². The van der Waals surface area contributed by atoms with Crippen molar-refractivity contribution in [2.75, 3.05) is 11.9 Å². The monoisotopic (exact) mass is 292 g/mol. The lowest BCUT2D eigenvalue weighted by Crippen LogP contribution is -2.02. The van der Waals surface area contributed by atoms with Gasteiger partial charge in [0.2, 0.25) is 0 Å². The average molecular weight is 293 g/mol. The number of fused-ring (bicyclic) bond motifs is 1. The molecule has 0 saturated heterocycles. The fourth-order valence-corrected chi connectivity index (χ4v) is 2.57. The van der Waals surface area contributed by atoms with E-state index in [0.29, 0.717) is 0 Å². The van der Waals surface area contributed by atoms with E-state index in [0.717, 1.165) is 28.8 Å². The number of halogens is 1. The number of benzene rings is 1. The van der Waals surface area contributed by atoms with Gasteiger partial charge in [-0.3, -0.25) is 0 Å². The maximum atomic E-state index is 4.74. The molecule has 90 valence electrons. The van der Waals surface area contributed by atoms with Gasteiger partial charge in [-0.05, 0) is 49.6 Å². The highest BCUT2D eigenvalue weighted by molar-refractivity contribution is 9.10. The first-order valence-electron chi connectivity index (χ1n) is 5.99. The molecule has 0 aliphatic heterocycles. The molecule has 2 rings (SSSR count). The third kappa shape index (κ3) is 2.44. The molecule has 2 aromatic rings. The summed E-state index contributed by atoms with van der Waals surface area (Å²) in [6.45, 7) is 7.25. The number of hydrogen-bond acceptors (Lipinski definition) is 2. The topological polar surface area (TPSA) is 24.9 Å². The quantitative estimate of drug-likeness (QED) is 0.912. The van der Waals surface area contributed by atoms with Gasteiger partial charge >= 0.3 is 0 Å². The zero-order chi connectivity index (χ0) is 12.4. The van der Waals surface area contributed by atoms with Crippen LogP contribution in [-0.4, -0.2) is 11.5 Å². The molecule has 0 fully saturated rings. The summed E-state index contributed by atoms with van der Waals surface area (Å²) in [5, 5.41) is 4.52. The van der Waals surface area contributed by atoms with E-state index in [2.05, 4.69) is 60.2 Å². The Hall–Kier alpha value is -1.09. The molecule has 0 bridgehead atoms. The summed E-state index contributed by atoms with van der Waals surface area (Å²) in [6, 6.07) is 6.48. The van der Waals surface area contributed by atoms with Crippen LogP contribution >= 0.6 is 15.9 Å². The Kier molecular flexibility index (Phi) is 3.67. The van der Waals surface area contributed by atoms with Gasteiger partial charge in [0.25, 0.3) is 0 Å². The standard InChI is InChI=1S/C14H17BrN2/c1-4-10-7-12(15)8-11-6-9(3)14(16-5-2)17-13(10)11/h6-8H,4-5H2,1-3H3,(H,16,17). The van der Waals surface area contributed by atoms with Crippen molar-refractivity contribution >= 4 is 32.7 Å². The van der Waals surface area contributed by atoms with Crippen LogP contribution in [0.15, 0.2) is 22.7 Å². The largest absolute Gasteiger partial charge is 0.370 e. The van der Waals surface area contributed by atoms with E-state index in [1.165, 1.54) is 16.5 Å². The molecule has 1 heterocycles. The van der Waals surface area contributed by atoms with E-state index in [4.69, 9.17) is 4.98 Å². The van der Waals surface area contributed by atoms with Gasteiger partial charge in [-0.2, -0.15) is 0 Å². The molecule has 0 unspecified atom stereocenters. The molecule has 0 aliphatic carbocycles. The number of nitrogens with zero attached hydrogens (tertiary/aromatic N) is 1. The van der Waals surface area contributed by atoms with Gasteiger partial charge in [0.05, 0.1) is 5.52 Å². The molecule has 0 radical (unpaired) electrons. The highest BCUT2D eigenvalue weighted by Gasteiger charge is 2.07. The molecular formula is C14H17BrN2. The second kappa shape index (κ2) is 5.05. The van der Waals surface area contributed by atoms with E-state index < -0.39 is 0 Å². The average Bonchev–Trinajstić information content (AvgIpc) is 2.29. The maximum Gasteiger partial charge on any atom is 0.129 e. The molecule has 0 amide bonds.